The first kappa shape index (κ1) is 16.5. The van der Waals surface area contributed by atoms with Crippen molar-refractivity contribution in [2.45, 2.75) is 57.8 Å². The van der Waals surface area contributed by atoms with E-state index in [-0.39, 0.29) is 12.8 Å². The third-order valence-corrected chi connectivity index (χ3v) is 5.79. The van der Waals surface area contributed by atoms with Crippen LogP contribution < -0.4 is 0 Å². The van der Waals surface area contributed by atoms with Crippen molar-refractivity contribution in [3.8, 4) is 0 Å². The van der Waals surface area contributed by atoms with Crippen LogP contribution >= 0.6 is 0 Å². The van der Waals surface area contributed by atoms with Crippen molar-refractivity contribution in [2.24, 2.45) is 5.41 Å². The van der Waals surface area contributed by atoms with Crippen LogP contribution in [-0.4, -0.2) is 35.6 Å². The maximum Gasteiger partial charge on any atom is 0.311 e. The summed E-state index contributed by atoms with van der Waals surface area (Å²) in [5.41, 5.74) is 2.84. The zero-order chi connectivity index (χ0) is 16.7. The molecule has 0 saturated carbocycles. The second-order valence-electron chi connectivity index (χ2n) is 8.61. The Morgan fingerprint density at radius 1 is 1.30 bits per heavy atom. The number of carboxylic acid groups (broad SMARTS) is 1. The quantitative estimate of drug-likeness (QED) is 0.905. The highest BCUT2D eigenvalue weighted by Crippen LogP contribution is 2.51. The van der Waals surface area contributed by atoms with Crippen molar-refractivity contribution < 1.29 is 11.3 Å². The second kappa shape index (κ2) is 5.94. The number of nitrogens with zero attached hydrogens (tertiary/aromatic N) is 1. The van der Waals surface area contributed by atoms with Gasteiger partial charge in [0.15, 0.2) is 0 Å². The zero-order valence-electron chi connectivity index (χ0n) is 14.6. The number of carboxylic acids is 1. The number of likely N-dealkylation sites (tertiary alicyclic amines) is 1. The van der Waals surface area contributed by atoms with E-state index in [0.717, 1.165) is 44.5 Å². The first-order valence-electron chi connectivity index (χ1n) is 8.85. The number of piperidine rings is 1. The summed E-state index contributed by atoms with van der Waals surface area (Å²) in [4.78, 5) is 14.2. The number of carbonyl (C=O) groups is 1. The van der Waals surface area contributed by atoms with Crippen LogP contribution in [0.5, 0.6) is 0 Å². The number of rotatable bonds is 3. The van der Waals surface area contributed by atoms with E-state index in [4.69, 9.17) is 0 Å². The van der Waals surface area contributed by atoms with Crippen molar-refractivity contribution >= 4 is 5.97 Å². The zero-order valence-corrected chi connectivity index (χ0v) is 14.6. The van der Waals surface area contributed by atoms with Gasteiger partial charge in [0, 0.05) is 1.43 Å². The Bertz CT molecular complexity index is 586. The van der Waals surface area contributed by atoms with Gasteiger partial charge < -0.3 is 10.0 Å². The van der Waals surface area contributed by atoms with Crippen molar-refractivity contribution in [3.05, 3.63) is 35.4 Å². The van der Waals surface area contributed by atoms with Gasteiger partial charge in [-0.2, -0.15) is 0 Å². The van der Waals surface area contributed by atoms with E-state index in [2.05, 4.69) is 37.8 Å². The minimum Gasteiger partial charge on any atom is -0.481 e. The van der Waals surface area contributed by atoms with E-state index in [0.29, 0.717) is 5.41 Å². The molecular formula is C20H31NO2. The van der Waals surface area contributed by atoms with E-state index in [1.165, 1.54) is 12.0 Å². The number of aliphatic carboxylic acids is 1. The SMILES string of the molecule is CC(C)(C)CCN1CCC2(CC1)CC(C(=O)O)c1ccccc12.[HH]. The van der Waals surface area contributed by atoms with Crippen LogP contribution in [0, 0.1) is 5.41 Å². The fraction of sp³-hybridized carbons (Fsp3) is 0.650. The average Bonchev–Trinajstić information content (AvgIpc) is 2.82. The smallest absolute Gasteiger partial charge is 0.311 e. The van der Waals surface area contributed by atoms with Gasteiger partial charge in [0.1, 0.15) is 0 Å². The molecule has 0 bridgehead atoms. The lowest BCUT2D eigenvalue weighted by Crippen LogP contribution is -2.42. The van der Waals surface area contributed by atoms with Gasteiger partial charge in [-0.3, -0.25) is 4.79 Å². The number of hydrogen-bond acceptors (Lipinski definition) is 2. The van der Waals surface area contributed by atoms with Gasteiger partial charge >= 0.3 is 5.97 Å². The highest BCUT2D eigenvalue weighted by Gasteiger charge is 2.47. The number of hydrogen-bond donors (Lipinski definition) is 1. The van der Waals surface area contributed by atoms with Crippen LogP contribution in [0.2, 0.25) is 0 Å². The Labute approximate surface area is 141 Å². The van der Waals surface area contributed by atoms with Crippen molar-refractivity contribution in [2.75, 3.05) is 19.6 Å². The molecule has 1 aliphatic heterocycles. The molecule has 0 amide bonds. The molecule has 1 aromatic carbocycles. The normalized spacial score (nSPS) is 23.9. The lowest BCUT2D eigenvalue weighted by molar-refractivity contribution is -0.139. The van der Waals surface area contributed by atoms with E-state index in [1.54, 1.807) is 0 Å². The van der Waals surface area contributed by atoms with E-state index in [1.807, 2.05) is 12.1 Å². The molecule has 1 heterocycles. The van der Waals surface area contributed by atoms with Gasteiger partial charge in [0.2, 0.25) is 0 Å². The van der Waals surface area contributed by atoms with Crippen molar-refractivity contribution in [1.82, 2.24) is 4.90 Å². The van der Waals surface area contributed by atoms with E-state index >= 15 is 0 Å². The second-order valence-corrected chi connectivity index (χ2v) is 8.61. The summed E-state index contributed by atoms with van der Waals surface area (Å²) in [6.07, 6.45) is 4.19. The predicted molar refractivity (Wildman–Crippen MR) is 95.0 cm³/mol. The third-order valence-electron chi connectivity index (χ3n) is 5.79. The fourth-order valence-electron chi connectivity index (χ4n) is 4.29. The lowest BCUT2D eigenvalue weighted by atomic mass is 9.73. The molecule has 3 rings (SSSR count). The van der Waals surface area contributed by atoms with Gasteiger partial charge in [0.25, 0.3) is 0 Å². The molecule has 2 aliphatic rings. The van der Waals surface area contributed by atoms with E-state index in [9.17, 15) is 9.90 Å². The Balaban J connectivity index is 0.00000208. The molecule has 128 valence electrons. The third kappa shape index (κ3) is 3.30. The summed E-state index contributed by atoms with van der Waals surface area (Å²) < 4.78 is 0. The van der Waals surface area contributed by atoms with Crippen LogP contribution in [0.3, 0.4) is 0 Å². The number of benzene rings is 1. The minimum atomic E-state index is -0.663. The molecule has 0 radical (unpaired) electrons. The predicted octanol–water partition coefficient (Wildman–Crippen LogP) is 4.27. The largest absolute Gasteiger partial charge is 0.481 e. The highest BCUT2D eigenvalue weighted by molar-refractivity contribution is 5.78. The standard InChI is InChI=1S/C20H29NO2.H2/c1-19(2,3)8-11-21-12-9-20(10-13-21)14-16(18(22)23)15-6-4-5-7-17(15)20;/h4-7,16H,8-14H2,1-3H3,(H,22,23);1H. The van der Waals surface area contributed by atoms with Gasteiger partial charge in [0.05, 0.1) is 5.92 Å². The molecule has 1 aromatic rings. The first-order chi connectivity index (χ1) is 10.8. The molecule has 1 atom stereocenters. The molecule has 1 spiro atoms. The lowest BCUT2D eigenvalue weighted by Gasteiger charge is -2.41. The molecule has 3 heteroatoms. The molecule has 1 fully saturated rings. The Morgan fingerprint density at radius 2 is 1.96 bits per heavy atom. The van der Waals surface area contributed by atoms with Gasteiger partial charge in [-0.05, 0) is 67.3 Å². The molecule has 1 aliphatic carbocycles. The maximum absolute atomic E-state index is 11.7. The average molecular weight is 317 g/mol. The summed E-state index contributed by atoms with van der Waals surface area (Å²) in [7, 11) is 0. The van der Waals surface area contributed by atoms with E-state index < -0.39 is 5.97 Å². The molecular weight excluding hydrogens is 286 g/mol. The van der Waals surface area contributed by atoms with Crippen LogP contribution in [-0.2, 0) is 10.2 Å². The molecule has 3 nitrogen and oxygen atoms in total. The molecule has 1 unspecified atom stereocenters. The summed E-state index contributed by atoms with van der Waals surface area (Å²) in [6.45, 7) is 10.2. The fourth-order valence-corrected chi connectivity index (χ4v) is 4.29. The van der Waals surface area contributed by atoms with Crippen molar-refractivity contribution in [1.29, 1.82) is 0 Å². The summed E-state index contributed by atoms with van der Waals surface area (Å²) in [5, 5.41) is 9.59. The van der Waals surface area contributed by atoms with Crippen LogP contribution in [0.25, 0.3) is 0 Å². The topological polar surface area (TPSA) is 40.5 Å². The Hall–Kier alpha value is -1.35. The molecule has 1 N–H and O–H groups in total. The summed E-state index contributed by atoms with van der Waals surface area (Å²) in [6, 6.07) is 8.24. The number of fused-ring (bicyclic) bond motifs is 2. The highest BCUT2D eigenvalue weighted by atomic mass is 16.4. The Kier molecular flexibility index (Phi) is 4.26. The van der Waals surface area contributed by atoms with Crippen LogP contribution in [0.1, 0.15) is 64.9 Å². The molecule has 1 saturated heterocycles. The first-order valence-corrected chi connectivity index (χ1v) is 8.85. The van der Waals surface area contributed by atoms with Crippen LogP contribution in [0.4, 0.5) is 0 Å². The minimum absolute atomic E-state index is 0. The molecule has 23 heavy (non-hydrogen) atoms. The monoisotopic (exact) mass is 317 g/mol. The van der Waals surface area contributed by atoms with Crippen LogP contribution in [0.15, 0.2) is 24.3 Å². The van der Waals surface area contributed by atoms with Gasteiger partial charge in [-0.25, -0.2) is 0 Å². The van der Waals surface area contributed by atoms with Gasteiger partial charge in [-0.1, -0.05) is 45.0 Å². The maximum atomic E-state index is 11.7. The molecule has 0 aromatic heterocycles. The van der Waals surface area contributed by atoms with Crippen molar-refractivity contribution in [3.63, 3.8) is 0 Å². The summed E-state index contributed by atoms with van der Waals surface area (Å²) in [5.74, 6) is -0.975. The Morgan fingerprint density at radius 3 is 2.57 bits per heavy atom. The summed E-state index contributed by atoms with van der Waals surface area (Å²) >= 11 is 0. The van der Waals surface area contributed by atoms with Gasteiger partial charge in [-0.15, -0.1) is 0 Å².